The van der Waals surface area contributed by atoms with Crippen LogP contribution in [0.3, 0.4) is 0 Å². The molecule has 2 aliphatic rings. The van der Waals surface area contributed by atoms with Crippen LogP contribution in [0.5, 0.6) is 0 Å². The first-order valence-electron chi connectivity index (χ1n) is 7.79. The average molecular weight is 288 g/mol. The second-order valence-corrected chi connectivity index (χ2v) is 6.65. The molecular formula is C17H24N2O2. The summed E-state index contributed by atoms with van der Waals surface area (Å²) in [5.74, 6) is 0.0502. The van der Waals surface area contributed by atoms with Gasteiger partial charge in [0.2, 0.25) is 5.91 Å². The van der Waals surface area contributed by atoms with Gasteiger partial charge in [0.15, 0.2) is 0 Å². The Morgan fingerprint density at radius 3 is 2.95 bits per heavy atom. The van der Waals surface area contributed by atoms with Crippen molar-refractivity contribution in [2.24, 2.45) is 0 Å². The molecule has 0 aromatic heterocycles. The maximum Gasteiger partial charge on any atom is 0.240 e. The lowest BCUT2D eigenvalue weighted by Crippen LogP contribution is -2.52. The molecule has 0 spiro atoms. The molecule has 0 saturated carbocycles. The highest BCUT2D eigenvalue weighted by Crippen LogP contribution is 2.41. The van der Waals surface area contributed by atoms with Gasteiger partial charge in [0, 0.05) is 6.54 Å². The van der Waals surface area contributed by atoms with Crippen LogP contribution in [0.15, 0.2) is 24.3 Å². The zero-order chi connectivity index (χ0) is 14.9. The van der Waals surface area contributed by atoms with Crippen LogP contribution < -0.4 is 10.6 Å². The van der Waals surface area contributed by atoms with Gasteiger partial charge >= 0.3 is 0 Å². The summed E-state index contributed by atoms with van der Waals surface area (Å²) in [4.78, 5) is 12.4. The molecule has 1 aromatic carbocycles. The van der Waals surface area contributed by atoms with E-state index in [1.807, 2.05) is 0 Å². The molecule has 0 unspecified atom stereocenters. The molecule has 21 heavy (non-hydrogen) atoms. The first-order valence-corrected chi connectivity index (χ1v) is 7.79. The minimum Gasteiger partial charge on any atom is -0.378 e. The Balaban J connectivity index is 1.76. The lowest BCUT2D eigenvalue weighted by molar-refractivity contribution is -0.126. The average Bonchev–Trinajstić information content (AvgIpc) is 2.51. The third-order valence-electron chi connectivity index (χ3n) is 4.68. The number of ether oxygens (including phenoxy) is 1. The summed E-state index contributed by atoms with van der Waals surface area (Å²) < 4.78 is 5.37. The number of fused-ring (bicyclic) bond motifs is 1. The van der Waals surface area contributed by atoms with Gasteiger partial charge in [0.25, 0.3) is 0 Å². The third-order valence-corrected chi connectivity index (χ3v) is 4.68. The van der Waals surface area contributed by atoms with Crippen molar-refractivity contribution in [3.8, 4) is 0 Å². The van der Waals surface area contributed by atoms with Gasteiger partial charge in [-0.25, -0.2) is 0 Å². The Labute approximate surface area is 126 Å². The van der Waals surface area contributed by atoms with Crippen LogP contribution in [0.25, 0.3) is 0 Å². The van der Waals surface area contributed by atoms with E-state index in [0.717, 1.165) is 19.4 Å². The summed E-state index contributed by atoms with van der Waals surface area (Å²) in [6, 6.07) is 8.37. The summed E-state index contributed by atoms with van der Waals surface area (Å²) >= 11 is 0. The van der Waals surface area contributed by atoms with Gasteiger partial charge in [-0.2, -0.15) is 0 Å². The Morgan fingerprint density at radius 1 is 1.38 bits per heavy atom. The van der Waals surface area contributed by atoms with Crippen molar-refractivity contribution in [3.63, 3.8) is 0 Å². The molecule has 3 rings (SSSR count). The summed E-state index contributed by atoms with van der Waals surface area (Å²) in [5, 5.41) is 6.41. The molecular weight excluding hydrogens is 264 g/mol. The molecule has 4 heteroatoms. The van der Waals surface area contributed by atoms with Crippen LogP contribution in [-0.2, 0) is 14.9 Å². The summed E-state index contributed by atoms with van der Waals surface area (Å²) in [5.41, 5.74) is 2.80. The van der Waals surface area contributed by atoms with Crippen LogP contribution in [0.2, 0.25) is 0 Å². The Bertz CT molecular complexity index is 521. The Morgan fingerprint density at radius 2 is 2.19 bits per heavy atom. The van der Waals surface area contributed by atoms with Crippen molar-refractivity contribution in [3.05, 3.63) is 35.4 Å². The monoisotopic (exact) mass is 288 g/mol. The minimum atomic E-state index is -0.221. The lowest BCUT2D eigenvalue weighted by Gasteiger charge is -2.38. The standard InChI is InChI=1S/C17H24N2O2/c1-17(2)8-7-14(12-5-3-4-6-13(12)17)19-16(20)15-11-21-10-9-18-15/h3-6,14-15,18H,7-11H2,1-2H3,(H,19,20)/t14-,15-/m0/s1. The maximum atomic E-state index is 12.4. The zero-order valence-corrected chi connectivity index (χ0v) is 12.8. The van der Waals surface area contributed by atoms with Crippen molar-refractivity contribution in [1.29, 1.82) is 0 Å². The molecule has 1 aliphatic heterocycles. The predicted octanol–water partition coefficient (Wildman–Crippen LogP) is 1.90. The van der Waals surface area contributed by atoms with E-state index >= 15 is 0 Å². The molecule has 1 amide bonds. The van der Waals surface area contributed by atoms with E-state index in [9.17, 15) is 4.79 Å². The molecule has 4 nitrogen and oxygen atoms in total. The highest BCUT2D eigenvalue weighted by atomic mass is 16.5. The Hall–Kier alpha value is -1.39. The van der Waals surface area contributed by atoms with E-state index in [1.54, 1.807) is 0 Å². The summed E-state index contributed by atoms with van der Waals surface area (Å²) in [7, 11) is 0. The number of benzene rings is 1. The molecule has 1 aromatic rings. The van der Waals surface area contributed by atoms with Crippen molar-refractivity contribution < 1.29 is 9.53 Å². The van der Waals surface area contributed by atoms with Crippen molar-refractivity contribution in [1.82, 2.24) is 10.6 Å². The second-order valence-electron chi connectivity index (χ2n) is 6.65. The molecule has 1 saturated heterocycles. The fourth-order valence-corrected chi connectivity index (χ4v) is 3.37. The smallest absolute Gasteiger partial charge is 0.240 e. The number of morpholine rings is 1. The fraction of sp³-hybridized carbons (Fsp3) is 0.588. The number of rotatable bonds is 2. The van der Waals surface area contributed by atoms with Gasteiger partial charge in [-0.05, 0) is 29.4 Å². The molecule has 2 N–H and O–H groups in total. The lowest BCUT2D eigenvalue weighted by atomic mass is 9.71. The largest absolute Gasteiger partial charge is 0.378 e. The number of nitrogens with one attached hydrogen (secondary N) is 2. The number of hydrogen-bond donors (Lipinski definition) is 2. The normalized spacial score (nSPS) is 27.7. The first kappa shape index (κ1) is 14.5. The van der Waals surface area contributed by atoms with Crippen LogP contribution in [0.4, 0.5) is 0 Å². The third kappa shape index (κ3) is 2.97. The van der Waals surface area contributed by atoms with E-state index in [2.05, 4.69) is 48.7 Å². The van der Waals surface area contributed by atoms with Crippen LogP contribution in [-0.4, -0.2) is 31.7 Å². The maximum absolute atomic E-state index is 12.4. The van der Waals surface area contributed by atoms with Crippen molar-refractivity contribution >= 4 is 5.91 Å². The molecule has 1 aliphatic carbocycles. The van der Waals surface area contributed by atoms with Gasteiger partial charge < -0.3 is 15.4 Å². The topological polar surface area (TPSA) is 50.4 Å². The van der Waals surface area contributed by atoms with Gasteiger partial charge in [0.05, 0.1) is 19.3 Å². The fourth-order valence-electron chi connectivity index (χ4n) is 3.37. The minimum absolute atomic E-state index is 0.0502. The van der Waals surface area contributed by atoms with Crippen molar-refractivity contribution in [2.75, 3.05) is 19.8 Å². The van der Waals surface area contributed by atoms with E-state index in [-0.39, 0.29) is 23.4 Å². The zero-order valence-electron chi connectivity index (χ0n) is 12.8. The van der Waals surface area contributed by atoms with Crippen molar-refractivity contribution in [2.45, 2.75) is 44.2 Å². The van der Waals surface area contributed by atoms with E-state index < -0.39 is 0 Å². The molecule has 1 fully saturated rings. The van der Waals surface area contributed by atoms with Gasteiger partial charge in [-0.15, -0.1) is 0 Å². The first-order chi connectivity index (χ1) is 10.1. The van der Waals surface area contributed by atoms with E-state index in [4.69, 9.17) is 4.74 Å². The SMILES string of the molecule is CC1(C)CC[C@H](NC(=O)[C@@H]2COCCN2)c2ccccc21. The van der Waals surface area contributed by atoms with Gasteiger partial charge in [-0.1, -0.05) is 38.1 Å². The number of hydrogen-bond acceptors (Lipinski definition) is 3. The number of carbonyl (C=O) groups excluding carboxylic acids is 1. The van der Waals surface area contributed by atoms with Crippen LogP contribution >= 0.6 is 0 Å². The van der Waals surface area contributed by atoms with E-state index in [0.29, 0.717) is 13.2 Å². The highest BCUT2D eigenvalue weighted by molar-refractivity contribution is 5.82. The number of amides is 1. The molecule has 1 heterocycles. The number of carbonyl (C=O) groups is 1. The summed E-state index contributed by atoms with van der Waals surface area (Å²) in [6.07, 6.45) is 2.08. The highest BCUT2D eigenvalue weighted by Gasteiger charge is 2.34. The predicted molar refractivity (Wildman–Crippen MR) is 82.2 cm³/mol. The van der Waals surface area contributed by atoms with Crippen LogP contribution in [0, 0.1) is 0 Å². The second kappa shape index (κ2) is 5.78. The van der Waals surface area contributed by atoms with Gasteiger partial charge in [-0.3, -0.25) is 4.79 Å². The molecule has 0 bridgehead atoms. The molecule has 0 radical (unpaired) electrons. The molecule has 114 valence electrons. The van der Waals surface area contributed by atoms with Gasteiger partial charge in [0.1, 0.15) is 6.04 Å². The van der Waals surface area contributed by atoms with Crippen LogP contribution in [0.1, 0.15) is 43.9 Å². The van der Waals surface area contributed by atoms with E-state index in [1.165, 1.54) is 11.1 Å². The Kier molecular flexibility index (Phi) is 4.00. The molecule has 2 atom stereocenters. The summed E-state index contributed by atoms with van der Waals surface area (Å²) in [6.45, 7) is 6.45. The quantitative estimate of drug-likeness (QED) is 0.874.